The number of carbonyl (C=O) groups is 2. The van der Waals surface area contributed by atoms with Crippen LogP contribution in [-0.2, 0) is 33.5 Å². The first kappa shape index (κ1) is 45.2. The normalized spacial score (nSPS) is 12.0. The summed E-state index contributed by atoms with van der Waals surface area (Å²) in [7, 11) is 0. The standard InChI is InChI=1S/C23H21ClN4O.C12H15ClN2.C10H7N3O2/c1-15(16-7-8-19(20(24)10-16)23(2,3)13-26)9-18(29)12-28-14-27-21-6-4-5-17(11-25)22(21)28;1-8(15)9-4-5-10(11(13)6-9)12(2,3)7-14;11-4-7-2-1-3-8-10(7)13(6-12-8)5-9(14)15/h4-8,10,14-15H,9,12H2,1-3H3;4-6,8H,15H2,1-3H3;1-3,6H,5H2,(H,14,15). The first-order valence-electron chi connectivity index (χ1n) is 18.5. The molecule has 2 heterocycles. The molecular weight excluding hydrogens is 785 g/mol. The van der Waals surface area contributed by atoms with Crippen LogP contribution >= 0.6 is 23.2 Å². The average molecular weight is 829 g/mol. The summed E-state index contributed by atoms with van der Waals surface area (Å²) in [6.45, 7) is 11.2. The van der Waals surface area contributed by atoms with Gasteiger partial charge in [-0.2, -0.15) is 21.0 Å². The van der Waals surface area contributed by atoms with E-state index in [4.69, 9.17) is 44.6 Å². The highest BCUT2D eigenvalue weighted by molar-refractivity contribution is 6.32. The average Bonchev–Trinajstić information content (AvgIpc) is 3.81. The highest BCUT2D eigenvalue weighted by Crippen LogP contribution is 2.33. The summed E-state index contributed by atoms with van der Waals surface area (Å²) in [4.78, 5) is 31.6. The number of ketones is 1. The Balaban J connectivity index is 0.000000215. The minimum Gasteiger partial charge on any atom is -0.480 e. The zero-order valence-corrected chi connectivity index (χ0v) is 35.0. The second-order valence-corrected chi connectivity index (χ2v) is 15.9. The monoisotopic (exact) mass is 827 g/mol. The van der Waals surface area contributed by atoms with Crippen LogP contribution in [0.1, 0.15) is 93.3 Å². The molecule has 0 bridgehead atoms. The Labute approximate surface area is 353 Å². The van der Waals surface area contributed by atoms with E-state index in [-0.39, 0.29) is 30.8 Å². The second-order valence-electron chi connectivity index (χ2n) is 15.1. The number of carboxylic acids is 1. The number of fused-ring (bicyclic) bond motifs is 2. The molecule has 2 unspecified atom stereocenters. The molecule has 2 aromatic heterocycles. The van der Waals surface area contributed by atoms with Crippen molar-refractivity contribution in [3.63, 3.8) is 0 Å². The molecular formula is C45H43Cl2N9O3. The van der Waals surface area contributed by atoms with E-state index in [0.29, 0.717) is 49.7 Å². The Morgan fingerprint density at radius 3 is 1.58 bits per heavy atom. The van der Waals surface area contributed by atoms with Gasteiger partial charge in [-0.3, -0.25) is 9.59 Å². The number of carboxylic acid groups (broad SMARTS) is 1. The summed E-state index contributed by atoms with van der Waals surface area (Å²) < 4.78 is 3.19. The van der Waals surface area contributed by atoms with Gasteiger partial charge in [0.15, 0.2) is 5.78 Å². The summed E-state index contributed by atoms with van der Waals surface area (Å²) in [5.74, 6) is -0.936. The molecule has 6 aromatic rings. The fourth-order valence-electron chi connectivity index (χ4n) is 6.32. The SMILES string of the molecule is CC(CC(=O)Cn1cnc2cccc(C#N)c21)c1ccc(C(C)(C)C#N)c(Cl)c1.CC(N)c1ccc(C(C)(C)C#N)c(Cl)c1.N#Cc1cccc2ncn(CC(=O)O)c12. The van der Waals surface area contributed by atoms with Crippen LogP contribution in [0.25, 0.3) is 22.1 Å². The van der Waals surface area contributed by atoms with E-state index in [1.165, 1.54) is 10.9 Å². The number of aliphatic carboxylic acids is 1. The van der Waals surface area contributed by atoms with Gasteiger partial charge in [-0.25, -0.2) is 9.97 Å². The third-order valence-electron chi connectivity index (χ3n) is 9.69. The molecule has 0 saturated heterocycles. The Kier molecular flexibility index (Phi) is 14.8. The van der Waals surface area contributed by atoms with Crippen LogP contribution in [0.2, 0.25) is 10.0 Å². The Hall–Kier alpha value is -6.54. The maximum Gasteiger partial charge on any atom is 0.323 e. The maximum atomic E-state index is 12.7. The van der Waals surface area contributed by atoms with Gasteiger partial charge in [0.1, 0.15) is 18.7 Å². The number of nitrogens with zero attached hydrogens (tertiary/aromatic N) is 8. The zero-order valence-electron chi connectivity index (χ0n) is 33.5. The number of imidazole rings is 2. The third-order valence-corrected chi connectivity index (χ3v) is 10.3. The van der Waals surface area contributed by atoms with Gasteiger partial charge < -0.3 is 20.0 Å². The molecule has 0 aliphatic carbocycles. The number of hydrogen-bond acceptors (Lipinski definition) is 9. The topological polar surface area (TPSA) is 211 Å². The van der Waals surface area contributed by atoms with Crippen molar-refractivity contribution in [3.8, 4) is 24.3 Å². The van der Waals surface area contributed by atoms with Crippen molar-refractivity contribution in [2.45, 2.75) is 83.8 Å². The molecule has 0 radical (unpaired) electrons. The summed E-state index contributed by atoms with van der Waals surface area (Å²) in [5.41, 5.74) is 11.6. The molecule has 0 amide bonds. The van der Waals surface area contributed by atoms with Crippen molar-refractivity contribution in [2.24, 2.45) is 5.73 Å². The fraction of sp³-hybridized carbons (Fsp3) is 0.289. The van der Waals surface area contributed by atoms with E-state index in [1.54, 1.807) is 41.2 Å². The molecule has 0 spiro atoms. The maximum absolute atomic E-state index is 12.7. The number of para-hydroxylation sites is 2. The summed E-state index contributed by atoms with van der Waals surface area (Å²) in [5, 5.41) is 46.4. The second kappa shape index (κ2) is 19.3. The predicted octanol–water partition coefficient (Wildman–Crippen LogP) is 9.28. The van der Waals surface area contributed by atoms with Crippen molar-refractivity contribution in [1.82, 2.24) is 19.1 Å². The van der Waals surface area contributed by atoms with Crippen LogP contribution < -0.4 is 5.73 Å². The Morgan fingerprint density at radius 1 is 0.729 bits per heavy atom. The largest absolute Gasteiger partial charge is 0.480 e. The van der Waals surface area contributed by atoms with E-state index in [0.717, 1.165) is 22.3 Å². The van der Waals surface area contributed by atoms with Crippen LogP contribution in [0.5, 0.6) is 0 Å². The van der Waals surface area contributed by atoms with E-state index in [9.17, 15) is 20.1 Å². The lowest BCUT2D eigenvalue weighted by Gasteiger charge is -2.19. The van der Waals surface area contributed by atoms with Gasteiger partial charge in [-0.1, -0.05) is 66.5 Å². The lowest BCUT2D eigenvalue weighted by Crippen LogP contribution is -2.15. The van der Waals surface area contributed by atoms with Gasteiger partial charge in [-0.05, 0) is 99.2 Å². The number of hydrogen-bond donors (Lipinski definition) is 2. The summed E-state index contributed by atoms with van der Waals surface area (Å²) >= 11 is 12.5. The van der Waals surface area contributed by atoms with Crippen LogP contribution in [0.4, 0.5) is 0 Å². The molecule has 0 saturated carbocycles. The van der Waals surface area contributed by atoms with E-state index in [2.05, 4.69) is 28.2 Å². The smallest absolute Gasteiger partial charge is 0.323 e. The number of benzene rings is 4. The van der Waals surface area contributed by atoms with Crippen LogP contribution in [-0.4, -0.2) is 36.0 Å². The van der Waals surface area contributed by atoms with E-state index < -0.39 is 16.8 Å². The molecule has 0 aliphatic rings. The van der Waals surface area contributed by atoms with Crippen LogP contribution in [0.15, 0.2) is 85.5 Å². The first-order valence-corrected chi connectivity index (χ1v) is 19.2. The van der Waals surface area contributed by atoms with Crippen LogP contribution in [0, 0.1) is 45.3 Å². The minimum atomic E-state index is -0.956. The Morgan fingerprint density at radius 2 is 1.17 bits per heavy atom. The van der Waals surface area contributed by atoms with Crippen molar-refractivity contribution in [1.29, 1.82) is 21.0 Å². The van der Waals surface area contributed by atoms with Crippen molar-refractivity contribution in [3.05, 3.63) is 129 Å². The number of aromatic nitrogens is 4. The molecule has 12 nitrogen and oxygen atoms in total. The van der Waals surface area contributed by atoms with E-state index in [1.807, 2.05) is 90.1 Å². The molecule has 4 aromatic carbocycles. The van der Waals surface area contributed by atoms with E-state index >= 15 is 0 Å². The van der Waals surface area contributed by atoms with Gasteiger partial charge >= 0.3 is 5.97 Å². The minimum absolute atomic E-state index is 0.0236. The molecule has 14 heteroatoms. The summed E-state index contributed by atoms with van der Waals surface area (Å²) in [6.07, 6.45) is 3.37. The van der Waals surface area contributed by atoms with Gasteiger partial charge in [-0.15, -0.1) is 0 Å². The number of nitriles is 4. The zero-order chi connectivity index (χ0) is 43.7. The molecule has 6 rings (SSSR count). The number of Topliss-reactive ketones (excluding diaryl/α,β-unsaturated/α-hetero) is 1. The highest BCUT2D eigenvalue weighted by atomic mass is 35.5. The lowest BCUT2D eigenvalue weighted by molar-refractivity contribution is -0.137. The van der Waals surface area contributed by atoms with Gasteiger partial charge in [0.2, 0.25) is 0 Å². The van der Waals surface area contributed by atoms with Crippen molar-refractivity contribution >= 4 is 57.0 Å². The lowest BCUT2D eigenvalue weighted by atomic mass is 9.84. The number of rotatable bonds is 10. The molecule has 3 N–H and O–H groups in total. The van der Waals surface area contributed by atoms with Gasteiger partial charge in [0.05, 0.1) is 75.4 Å². The number of nitrogens with two attached hydrogens (primary N) is 1. The number of carbonyl (C=O) groups excluding carboxylic acids is 1. The van der Waals surface area contributed by atoms with Crippen molar-refractivity contribution in [2.75, 3.05) is 0 Å². The highest BCUT2D eigenvalue weighted by Gasteiger charge is 2.25. The molecule has 0 aliphatic heterocycles. The van der Waals surface area contributed by atoms with Crippen LogP contribution in [0.3, 0.4) is 0 Å². The van der Waals surface area contributed by atoms with Crippen molar-refractivity contribution < 1.29 is 14.7 Å². The molecule has 2 atom stereocenters. The number of halogens is 2. The van der Waals surface area contributed by atoms with Gasteiger partial charge in [0.25, 0.3) is 0 Å². The quantitative estimate of drug-likeness (QED) is 0.134. The third kappa shape index (κ3) is 10.9. The predicted molar refractivity (Wildman–Crippen MR) is 227 cm³/mol. The molecule has 300 valence electrons. The summed E-state index contributed by atoms with van der Waals surface area (Å²) in [6, 6.07) is 30.3. The Bertz CT molecular complexity index is 2690. The van der Waals surface area contributed by atoms with Gasteiger partial charge in [0, 0.05) is 22.5 Å². The molecule has 0 fully saturated rings. The first-order chi connectivity index (χ1) is 27.9. The molecule has 59 heavy (non-hydrogen) atoms. The fourth-order valence-corrected chi connectivity index (χ4v) is 7.17.